The van der Waals surface area contributed by atoms with Crippen molar-refractivity contribution >= 4 is 11.6 Å². The van der Waals surface area contributed by atoms with Crippen LogP contribution in [0.5, 0.6) is 0 Å². The van der Waals surface area contributed by atoms with Crippen LogP contribution < -0.4 is 16.2 Å². The molecule has 21 heavy (non-hydrogen) atoms. The highest BCUT2D eigenvalue weighted by Crippen LogP contribution is 2.24. The molecule has 1 aromatic rings. The fraction of sp³-hybridized carbons (Fsp3) is 0.733. The highest BCUT2D eigenvalue weighted by molar-refractivity contribution is 5.49. The van der Waals surface area contributed by atoms with E-state index in [0.29, 0.717) is 5.82 Å². The molecule has 2 aliphatic heterocycles. The van der Waals surface area contributed by atoms with Crippen LogP contribution in [0.25, 0.3) is 0 Å². The van der Waals surface area contributed by atoms with Crippen LogP contribution in [0.2, 0.25) is 0 Å². The summed E-state index contributed by atoms with van der Waals surface area (Å²) in [5, 5.41) is 0. The highest BCUT2D eigenvalue weighted by atomic mass is 15.3. The molecule has 1 aromatic heterocycles. The van der Waals surface area contributed by atoms with Gasteiger partial charge in [-0.05, 0) is 45.7 Å². The monoisotopic (exact) mass is 290 g/mol. The van der Waals surface area contributed by atoms with Gasteiger partial charge in [-0.3, -0.25) is 0 Å². The molecule has 0 atom stereocenters. The quantitative estimate of drug-likeness (QED) is 0.650. The number of nitrogens with one attached hydrogen (secondary N) is 1. The largest absolute Gasteiger partial charge is 0.356 e. The first-order valence-electron chi connectivity index (χ1n) is 8.07. The lowest BCUT2D eigenvalue weighted by Gasteiger charge is -2.40. The second-order valence-corrected chi connectivity index (χ2v) is 6.12. The predicted molar refractivity (Wildman–Crippen MR) is 85.2 cm³/mol. The molecule has 0 bridgehead atoms. The van der Waals surface area contributed by atoms with Crippen molar-refractivity contribution < 1.29 is 0 Å². The lowest BCUT2D eigenvalue weighted by Crippen LogP contribution is -2.47. The summed E-state index contributed by atoms with van der Waals surface area (Å²) in [6.07, 6.45) is 6.61. The van der Waals surface area contributed by atoms with E-state index in [4.69, 9.17) is 5.84 Å². The standard InChI is InChI=1S/C15H26N6/c1-12-17-14(19-16)11-15(18-12)21-9-5-13(6-10-21)20-7-3-2-4-8-20/h11,13H,2-10,16H2,1H3,(H,17,18,19). The van der Waals surface area contributed by atoms with Crippen molar-refractivity contribution in [2.24, 2.45) is 5.84 Å². The number of anilines is 2. The van der Waals surface area contributed by atoms with Crippen molar-refractivity contribution in [2.75, 3.05) is 36.5 Å². The first-order valence-corrected chi connectivity index (χ1v) is 8.07. The lowest BCUT2D eigenvalue weighted by atomic mass is 10.00. The van der Waals surface area contributed by atoms with Crippen molar-refractivity contribution in [1.29, 1.82) is 0 Å². The van der Waals surface area contributed by atoms with E-state index >= 15 is 0 Å². The second kappa shape index (κ2) is 6.58. The van der Waals surface area contributed by atoms with Gasteiger partial charge < -0.3 is 15.2 Å². The van der Waals surface area contributed by atoms with E-state index in [9.17, 15) is 0 Å². The summed E-state index contributed by atoms with van der Waals surface area (Å²) >= 11 is 0. The summed E-state index contributed by atoms with van der Waals surface area (Å²) in [6.45, 7) is 6.63. The van der Waals surface area contributed by atoms with E-state index in [-0.39, 0.29) is 0 Å². The fourth-order valence-corrected chi connectivity index (χ4v) is 3.53. The summed E-state index contributed by atoms with van der Waals surface area (Å²) in [5.41, 5.74) is 2.62. The van der Waals surface area contributed by atoms with E-state index in [1.165, 1.54) is 45.2 Å². The van der Waals surface area contributed by atoms with Crippen LogP contribution in [0.15, 0.2) is 6.07 Å². The van der Waals surface area contributed by atoms with Gasteiger partial charge in [0.15, 0.2) is 0 Å². The molecule has 3 rings (SSSR count). The number of nitrogen functional groups attached to an aromatic ring is 1. The van der Waals surface area contributed by atoms with E-state index in [2.05, 4.69) is 25.2 Å². The van der Waals surface area contributed by atoms with Crippen LogP contribution in [0.4, 0.5) is 11.6 Å². The Hall–Kier alpha value is -1.40. The molecular weight excluding hydrogens is 264 g/mol. The first kappa shape index (κ1) is 14.5. The summed E-state index contributed by atoms with van der Waals surface area (Å²) < 4.78 is 0. The lowest BCUT2D eigenvalue weighted by molar-refractivity contribution is 0.141. The fourth-order valence-electron chi connectivity index (χ4n) is 3.53. The third-order valence-electron chi connectivity index (χ3n) is 4.67. The molecule has 3 heterocycles. The van der Waals surface area contributed by atoms with Crippen molar-refractivity contribution in [3.05, 3.63) is 11.9 Å². The molecule has 116 valence electrons. The smallest absolute Gasteiger partial charge is 0.145 e. The molecule has 0 aliphatic carbocycles. The Kier molecular flexibility index (Phi) is 4.55. The Labute approximate surface area is 126 Å². The number of aromatic nitrogens is 2. The van der Waals surface area contributed by atoms with Gasteiger partial charge in [-0.15, -0.1) is 0 Å². The number of aryl methyl sites for hydroxylation is 1. The van der Waals surface area contributed by atoms with Gasteiger partial charge in [0.1, 0.15) is 17.5 Å². The number of hydrazine groups is 1. The molecule has 0 aromatic carbocycles. The van der Waals surface area contributed by atoms with Crippen LogP contribution in [0, 0.1) is 6.92 Å². The highest BCUT2D eigenvalue weighted by Gasteiger charge is 2.26. The zero-order valence-corrected chi connectivity index (χ0v) is 12.9. The average molecular weight is 290 g/mol. The second-order valence-electron chi connectivity index (χ2n) is 6.12. The van der Waals surface area contributed by atoms with Gasteiger partial charge in [-0.1, -0.05) is 6.42 Å². The molecule has 2 aliphatic rings. The van der Waals surface area contributed by atoms with Crippen molar-refractivity contribution in [2.45, 2.75) is 45.1 Å². The molecule has 6 nitrogen and oxygen atoms in total. The van der Waals surface area contributed by atoms with E-state index < -0.39 is 0 Å². The zero-order valence-electron chi connectivity index (χ0n) is 12.9. The van der Waals surface area contributed by atoms with Crippen LogP contribution >= 0.6 is 0 Å². The van der Waals surface area contributed by atoms with Gasteiger partial charge in [-0.2, -0.15) is 0 Å². The van der Waals surface area contributed by atoms with Gasteiger partial charge in [0.2, 0.25) is 0 Å². The number of piperidine rings is 2. The Bertz CT molecular complexity index is 463. The van der Waals surface area contributed by atoms with Crippen LogP contribution in [-0.2, 0) is 0 Å². The zero-order chi connectivity index (χ0) is 14.7. The summed E-state index contributed by atoms with van der Waals surface area (Å²) in [6, 6.07) is 2.70. The molecule has 6 heteroatoms. The average Bonchev–Trinajstić information content (AvgIpc) is 2.55. The van der Waals surface area contributed by atoms with E-state index in [1.807, 2.05) is 13.0 Å². The normalized spacial score (nSPS) is 21.5. The molecule has 0 spiro atoms. The van der Waals surface area contributed by atoms with Gasteiger partial charge in [0, 0.05) is 25.2 Å². The topological polar surface area (TPSA) is 70.3 Å². The summed E-state index contributed by atoms with van der Waals surface area (Å²) in [4.78, 5) is 13.9. The van der Waals surface area contributed by atoms with Crippen LogP contribution in [0.1, 0.15) is 37.9 Å². The number of hydrogen-bond acceptors (Lipinski definition) is 6. The molecule has 0 unspecified atom stereocenters. The van der Waals surface area contributed by atoms with Gasteiger partial charge >= 0.3 is 0 Å². The number of nitrogens with two attached hydrogens (primary N) is 1. The maximum atomic E-state index is 5.47. The van der Waals surface area contributed by atoms with Gasteiger partial charge in [0.05, 0.1) is 0 Å². The van der Waals surface area contributed by atoms with Gasteiger partial charge in [-0.25, -0.2) is 15.8 Å². The van der Waals surface area contributed by atoms with Gasteiger partial charge in [0.25, 0.3) is 0 Å². The molecule has 2 saturated heterocycles. The maximum Gasteiger partial charge on any atom is 0.145 e. The van der Waals surface area contributed by atoms with Crippen molar-refractivity contribution in [3.8, 4) is 0 Å². The minimum Gasteiger partial charge on any atom is -0.356 e. The van der Waals surface area contributed by atoms with Crippen LogP contribution in [0.3, 0.4) is 0 Å². The SMILES string of the molecule is Cc1nc(NN)cc(N2CCC(N3CCCCC3)CC2)n1. The third-order valence-corrected chi connectivity index (χ3v) is 4.67. The first-order chi connectivity index (χ1) is 10.3. The molecule has 3 N–H and O–H groups in total. The Morgan fingerprint density at radius 2 is 1.81 bits per heavy atom. The number of rotatable bonds is 3. The van der Waals surface area contributed by atoms with E-state index in [0.717, 1.165) is 30.8 Å². The molecular formula is C15H26N6. The maximum absolute atomic E-state index is 5.47. The molecule has 2 fully saturated rings. The number of likely N-dealkylation sites (tertiary alicyclic amines) is 1. The minimum absolute atomic E-state index is 0.690. The predicted octanol–water partition coefficient (Wildman–Crippen LogP) is 1.53. The number of nitrogens with zero attached hydrogens (tertiary/aromatic N) is 4. The minimum atomic E-state index is 0.690. The Balaban J connectivity index is 1.61. The third kappa shape index (κ3) is 3.44. The summed E-state index contributed by atoms with van der Waals surface area (Å²) in [7, 11) is 0. The Morgan fingerprint density at radius 1 is 1.10 bits per heavy atom. The molecule has 0 saturated carbocycles. The van der Waals surface area contributed by atoms with Crippen molar-refractivity contribution in [3.63, 3.8) is 0 Å². The molecule has 0 amide bonds. The van der Waals surface area contributed by atoms with Crippen molar-refractivity contribution in [1.82, 2.24) is 14.9 Å². The van der Waals surface area contributed by atoms with Crippen LogP contribution in [-0.4, -0.2) is 47.1 Å². The summed E-state index contributed by atoms with van der Waals surface area (Å²) in [5.74, 6) is 7.92. The number of hydrogen-bond donors (Lipinski definition) is 2. The molecule has 0 radical (unpaired) electrons. The van der Waals surface area contributed by atoms with E-state index in [1.54, 1.807) is 0 Å². The Morgan fingerprint density at radius 3 is 2.48 bits per heavy atom.